The summed E-state index contributed by atoms with van der Waals surface area (Å²) in [6, 6.07) is 8.08. The molecule has 2 rings (SSSR count). The molecule has 0 radical (unpaired) electrons. The molecule has 0 aromatic heterocycles. The van der Waals surface area contributed by atoms with Crippen molar-refractivity contribution < 1.29 is 9.53 Å². The van der Waals surface area contributed by atoms with E-state index in [-0.39, 0.29) is 5.91 Å². The number of para-hydroxylation sites is 1. The molecule has 4 nitrogen and oxygen atoms in total. The van der Waals surface area contributed by atoms with Crippen molar-refractivity contribution >= 4 is 5.91 Å². The lowest BCUT2D eigenvalue weighted by Crippen LogP contribution is -2.42. The van der Waals surface area contributed by atoms with E-state index in [1.165, 1.54) is 12.8 Å². The Morgan fingerprint density at radius 3 is 2.70 bits per heavy atom. The van der Waals surface area contributed by atoms with Gasteiger partial charge in [0.15, 0.2) is 0 Å². The Morgan fingerprint density at radius 2 is 2.05 bits per heavy atom. The van der Waals surface area contributed by atoms with Crippen molar-refractivity contribution in [3.8, 4) is 5.75 Å². The molecule has 0 atom stereocenters. The number of hydrogen-bond acceptors (Lipinski definition) is 3. The molecule has 0 aliphatic heterocycles. The molecule has 1 saturated carbocycles. The maximum atomic E-state index is 12.6. The number of ether oxygens (including phenoxy) is 1. The molecule has 110 valence electrons. The van der Waals surface area contributed by atoms with E-state index in [1.54, 1.807) is 7.11 Å². The quantitative estimate of drug-likeness (QED) is 0.864. The highest BCUT2D eigenvalue weighted by atomic mass is 16.5. The molecule has 1 aromatic rings. The van der Waals surface area contributed by atoms with Gasteiger partial charge in [-0.25, -0.2) is 0 Å². The van der Waals surface area contributed by atoms with Crippen molar-refractivity contribution in [2.24, 2.45) is 5.73 Å². The van der Waals surface area contributed by atoms with Gasteiger partial charge in [0.05, 0.1) is 13.5 Å². The number of methoxy groups -OCH3 is 1. The molecule has 0 unspecified atom stereocenters. The van der Waals surface area contributed by atoms with E-state index in [2.05, 4.69) is 0 Å². The minimum atomic E-state index is 0.159. The van der Waals surface area contributed by atoms with Crippen molar-refractivity contribution in [1.82, 2.24) is 4.90 Å². The molecule has 1 aliphatic rings. The van der Waals surface area contributed by atoms with E-state index >= 15 is 0 Å². The summed E-state index contributed by atoms with van der Waals surface area (Å²) < 4.78 is 5.32. The Labute approximate surface area is 120 Å². The van der Waals surface area contributed by atoms with E-state index in [0.717, 1.165) is 24.2 Å². The van der Waals surface area contributed by atoms with Crippen molar-refractivity contribution in [2.75, 3.05) is 20.2 Å². The van der Waals surface area contributed by atoms with Crippen LogP contribution in [0.1, 0.15) is 31.2 Å². The lowest BCUT2D eigenvalue weighted by atomic mass is 10.1. The van der Waals surface area contributed by atoms with E-state index in [1.807, 2.05) is 29.2 Å². The molecule has 4 heteroatoms. The number of amides is 1. The second-order valence-corrected chi connectivity index (χ2v) is 5.30. The smallest absolute Gasteiger partial charge is 0.227 e. The molecule has 1 fully saturated rings. The average molecular weight is 276 g/mol. The Kier molecular flexibility index (Phi) is 5.41. The van der Waals surface area contributed by atoms with Gasteiger partial charge in [-0.2, -0.15) is 0 Å². The molecule has 1 aliphatic carbocycles. The fourth-order valence-electron chi connectivity index (χ4n) is 2.98. The van der Waals surface area contributed by atoms with Gasteiger partial charge in [-0.3, -0.25) is 4.79 Å². The number of carbonyl (C=O) groups excluding carboxylic acids is 1. The third-order valence-electron chi connectivity index (χ3n) is 3.99. The van der Waals surface area contributed by atoms with Crippen molar-refractivity contribution in [3.05, 3.63) is 29.8 Å². The molecule has 2 N–H and O–H groups in total. The minimum Gasteiger partial charge on any atom is -0.496 e. The van der Waals surface area contributed by atoms with Crippen LogP contribution in [0.25, 0.3) is 0 Å². The van der Waals surface area contributed by atoms with Crippen LogP contribution in [0, 0.1) is 0 Å². The van der Waals surface area contributed by atoms with Gasteiger partial charge in [0.1, 0.15) is 5.75 Å². The zero-order chi connectivity index (χ0) is 14.4. The molecule has 0 bridgehead atoms. The van der Waals surface area contributed by atoms with Crippen LogP contribution in [-0.4, -0.2) is 37.0 Å². The van der Waals surface area contributed by atoms with Gasteiger partial charge in [0.2, 0.25) is 5.91 Å². The van der Waals surface area contributed by atoms with Crippen LogP contribution in [0.5, 0.6) is 5.75 Å². The predicted octanol–water partition coefficient (Wildman–Crippen LogP) is 1.97. The number of carbonyl (C=O) groups is 1. The van der Waals surface area contributed by atoms with Gasteiger partial charge >= 0.3 is 0 Å². The number of nitrogens with zero attached hydrogens (tertiary/aromatic N) is 1. The first-order chi connectivity index (χ1) is 9.76. The summed E-state index contributed by atoms with van der Waals surface area (Å²) in [5, 5.41) is 0. The highest BCUT2D eigenvalue weighted by Gasteiger charge is 2.26. The molecule has 1 amide bonds. The summed E-state index contributed by atoms with van der Waals surface area (Å²) in [6.07, 6.45) is 5.04. The third-order valence-corrected chi connectivity index (χ3v) is 3.99. The topological polar surface area (TPSA) is 55.6 Å². The number of rotatable bonds is 6. The zero-order valence-corrected chi connectivity index (χ0v) is 12.2. The Morgan fingerprint density at radius 1 is 1.35 bits per heavy atom. The van der Waals surface area contributed by atoms with Crippen LogP contribution in [0.15, 0.2) is 24.3 Å². The van der Waals surface area contributed by atoms with Gasteiger partial charge < -0.3 is 15.4 Å². The lowest BCUT2D eigenvalue weighted by molar-refractivity contribution is -0.132. The molecular weight excluding hydrogens is 252 g/mol. The van der Waals surface area contributed by atoms with E-state index in [0.29, 0.717) is 25.6 Å². The van der Waals surface area contributed by atoms with E-state index in [9.17, 15) is 4.79 Å². The standard InChI is InChI=1S/C16H24N2O2/c1-20-15-9-5-2-6-13(15)12-16(19)18(11-10-17)14-7-3-4-8-14/h2,5-6,9,14H,3-4,7-8,10-12,17H2,1H3. The highest BCUT2D eigenvalue weighted by Crippen LogP contribution is 2.25. The van der Waals surface area contributed by atoms with Crippen LogP contribution in [0.3, 0.4) is 0 Å². The summed E-state index contributed by atoms with van der Waals surface area (Å²) in [7, 11) is 1.64. The monoisotopic (exact) mass is 276 g/mol. The Balaban J connectivity index is 2.07. The second-order valence-electron chi connectivity index (χ2n) is 5.30. The molecule has 20 heavy (non-hydrogen) atoms. The maximum Gasteiger partial charge on any atom is 0.227 e. The molecule has 0 heterocycles. The first kappa shape index (κ1) is 14.9. The van der Waals surface area contributed by atoms with Crippen LogP contribution in [0.2, 0.25) is 0 Å². The fourth-order valence-corrected chi connectivity index (χ4v) is 2.98. The van der Waals surface area contributed by atoms with Gasteiger partial charge in [0.25, 0.3) is 0 Å². The summed E-state index contributed by atoms with van der Waals surface area (Å²) in [6.45, 7) is 1.17. The lowest BCUT2D eigenvalue weighted by Gasteiger charge is -2.29. The normalized spacial score (nSPS) is 15.3. The average Bonchev–Trinajstić information content (AvgIpc) is 2.99. The predicted molar refractivity (Wildman–Crippen MR) is 79.7 cm³/mol. The minimum absolute atomic E-state index is 0.159. The van der Waals surface area contributed by atoms with Crippen LogP contribution in [-0.2, 0) is 11.2 Å². The highest BCUT2D eigenvalue weighted by molar-refractivity contribution is 5.80. The van der Waals surface area contributed by atoms with Gasteiger partial charge in [-0.05, 0) is 18.9 Å². The summed E-state index contributed by atoms with van der Waals surface area (Å²) in [4.78, 5) is 14.5. The molecular formula is C16H24N2O2. The van der Waals surface area contributed by atoms with Crippen LogP contribution >= 0.6 is 0 Å². The number of hydrogen-bond donors (Lipinski definition) is 1. The zero-order valence-electron chi connectivity index (χ0n) is 12.2. The molecule has 1 aromatic carbocycles. The Hall–Kier alpha value is -1.55. The van der Waals surface area contributed by atoms with Crippen LogP contribution in [0.4, 0.5) is 0 Å². The maximum absolute atomic E-state index is 12.6. The summed E-state index contributed by atoms with van der Waals surface area (Å²) >= 11 is 0. The molecule has 0 spiro atoms. The summed E-state index contributed by atoms with van der Waals surface area (Å²) in [5.74, 6) is 0.937. The van der Waals surface area contributed by atoms with E-state index in [4.69, 9.17) is 10.5 Å². The largest absolute Gasteiger partial charge is 0.496 e. The van der Waals surface area contributed by atoms with Gasteiger partial charge in [-0.15, -0.1) is 0 Å². The Bertz CT molecular complexity index is 442. The van der Waals surface area contributed by atoms with Crippen LogP contribution < -0.4 is 10.5 Å². The first-order valence-corrected chi connectivity index (χ1v) is 7.37. The van der Waals surface area contributed by atoms with E-state index < -0.39 is 0 Å². The van der Waals surface area contributed by atoms with Crippen molar-refractivity contribution in [3.63, 3.8) is 0 Å². The number of nitrogens with two attached hydrogens (primary N) is 1. The third kappa shape index (κ3) is 3.51. The van der Waals surface area contributed by atoms with Gasteiger partial charge in [-0.1, -0.05) is 31.0 Å². The number of benzene rings is 1. The SMILES string of the molecule is COc1ccccc1CC(=O)N(CCN)C1CCCC1. The fraction of sp³-hybridized carbons (Fsp3) is 0.562. The first-order valence-electron chi connectivity index (χ1n) is 7.37. The van der Waals surface area contributed by atoms with Gasteiger partial charge in [0, 0.05) is 24.7 Å². The molecule has 0 saturated heterocycles. The van der Waals surface area contributed by atoms with Crippen molar-refractivity contribution in [2.45, 2.75) is 38.1 Å². The second kappa shape index (κ2) is 7.29. The van der Waals surface area contributed by atoms with Crippen molar-refractivity contribution in [1.29, 1.82) is 0 Å². The summed E-state index contributed by atoms with van der Waals surface area (Å²) in [5.41, 5.74) is 6.61.